The number of hydrogen-bond acceptors (Lipinski definition) is 4. The smallest absolute Gasteiger partial charge is 0.288 e. The van der Waals surface area contributed by atoms with Crippen molar-refractivity contribution in [1.29, 1.82) is 0 Å². The molecule has 1 heterocycles. The Morgan fingerprint density at radius 2 is 1.77 bits per heavy atom. The normalized spacial score (nSPS) is 29.0. The van der Waals surface area contributed by atoms with E-state index in [4.69, 9.17) is 0 Å². The predicted molar refractivity (Wildman–Crippen MR) is 91.4 cm³/mol. The fraction of sp³-hybridized carbons (Fsp3) is 0.389. The Morgan fingerprint density at radius 3 is 2.38 bits per heavy atom. The van der Waals surface area contributed by atoms with Crippen molar-refractivity contribution in [3.63, 3.8) is 0 Å². The molecule has 136 valence electrons. The second kappa shape index (κ2) is 6.50. The molecule has 4 unspecified atom stereocenters. The van der Waals surface area contributed by atoms with Gasteiger partial charge >= 0.3 is 0 Å². The van der Waals surface area contributed by atoms with Crippen LogP contribution < -0.4 is 5.32 Å². The zero-order chi connectivity index (χ0) is 18.4. The van der Waals surface area contributed by atoms with Crippen molar-refractivity contribution in [2.24, 2.45) is 23.7 Å². The second-order valence-corrected chi connectivity index (χ2v) is 7.72. The maximum Gasteiger partial charge on any atom is 0.288 e. The van der Waals surface area contributed by atoms with E-state index in [0.717, 1.165) is 11.3 Å². The van der Waals surface area contributed by atoms with Gasteiger partial charge in [-0.3, -0.25) is 19.3 Å². The monoisotopic (exact) mass is 378 g/mol. The lowest BCUT2D eigenvalue weighted by atomic mass is 9.85. The number of imide groups is 1. The van der Waals surface area contributed by atoms with E-state index in [1.165, 1.54) is 12.1 Å². The van der Waals surface area contributed by atoms with Crippen molar-refractivity contribution in [2.75, 3.05) is 11.9 Å². The summed E-state index contributed by atoms with van der Waals surface area (Å²) in [7, 11) is 0. The second-order valence-electron chi connectivity index (χ2n) is 6.69. The molecule has 26 heavy (non-hydrogen) atoms. The van der Waals surface area contributed by atoms with Gasteiger partial charge in [-0.1, -0.05) is 36.0 Å². The number of thioether (sulfide) groups is 1. The van der Waals surface area contributed by atoms with Crippen LogP contribution in [0.4, 0.5) is 14.5 Å². The van der Waals surface area contributed by atoms with Gasteiger partial charge in [0, 0.05) is 4.90 Å². The summed E-state index contributed by atoms with van der Waals surface area (Å²) < 4.78 is 25.3. The topological polar surface area (TPSA) is 66.5 Å². The number of carbonyl (C=O) groups excluding carboxylic acids is 3. The van der Waals surface area contributed by atoms with Gasteiger partial charge in [-0.25, -0.2) is 0 Å². The molecular formula is C18H16F2N2O3S. The number of rotatable bonds is 5. The third kappa shape index (κ3) is 2.82. The third-order valence-corrected chi connectivity index (χ3v) is 6.03. The molecule has 8 heteroatoms. The highest BCUT2D eigenvalue weighted by Crippen LogP contribution is 2.52. The molecule has 3 amide bonds. The molecule has 1 saturated heterocycles. The maximum absolute atomic E-state index is 12.6. The molecule has 5 nitrogen and oxygen atoms in total. The van der Waals surface area contributed by atoms with Crippen LogP contribution in [0, 0.1) is 23.7 Å². The summed E-state index contributed by atoms with van der Waals surface area (Å²) in [6.07, 6.45) is 4.79. The van der Waals surface area contributed by atoms with E-state index in [9.17, 15) is 23.2 Å². The Bertz CT molecular complexity index is 783. The molecule has 1 aliphatic heterocycles. The van der Waals surface area contributed by atoms with Crippen molar-refractivity contribution in [1.82, 2.24) is 4.90 Å². The SMILES string of the molecule is O=C(CN1C(=O)C2C3C=CC(C3)C2C1=O)Nc1ccccc1SC(F)F. The minimum Gasteiger partial charge on any atom is -0.324 e. The molecule has 0 radical (unpaired) electrons. The fourth-order valence-electron chi connectivity index (χ4n) is 4.22. The first kappa shape index (κ1) is 17.2. The first-order chi connectivity index (χ1) is 12.5. The van der Waals surface area contributed by atoms with Crippen LogP contribution in [0.3, 0.4) is 0 Å². The maximum atomic E-state index is 12.6. The molecular weight excluding hydrogens is 362 g/mol. The molecule has 0 aromatic heterocycles. The lowest BCUT2D eigenvalue weighted by molar-refractivity contribution is -0.143. The number of nitrogens with zero attached hydrogens (tertiary/aromatic N) is 1. The van der Waals surface area contributed by atoms with E-state index in [-0.39, 0.29) is 46.1 Å². The van der Waals surface area contributed by atoms with Gasteiger partial charge in [0.05, 0.1) is 17.5 Å². The van der Waals surface area contributed by atoms with Gasteiger partial charge in [-0.05, 0) is 30.4 Å². The average Bonchev–Trinajstić information content (AvgIpc) is 3.26. The first-order valence-electron chi connectivity index (χ1n) is 8.33. The Labute approximate surface area is 152 Å². The summed E-state index contributed by atoms with van der Waals surface area (Å²) in [4.78, 5) is 38.7. The van der Waals surface area contributed by atoms with Gasteiger partial charge < -0.3 is 5.32 Å². The summed E-state index contributed by atoms with van der Waals surface area (Å²) in [5.74, 6) is -4.34. The van der Waals surface area contributed by atoms with Gasteiger partial charge in [0.2, 0.25) is 17.7 Å². The van der Waals surface area contributed by atoms with Crippen LogP contribution in [0.15, 0.2) is 41.3 Å². The minimum atomic E-state index is -2.61. The number of alkyl halides is 2. The van der Waals surface area contributed by atoms with Crippen molar-refractivity contribution in [3.8, 4) is 0 Å². The van der Waals surface area contributed by atoms with Crippen LogP contribution >= 0.6 is 11.8 Å². The Balaban J connectivity index is 1.45. The van der Waals surface area contributed by atoms with Crippen molar-refractivity contribution < 1.29 is 23.2 Å². The van der Waals surface area contributed by atoms with E-state index in [2.05, 4.69) is 5.32 Å². The van der Waals surface area contributed by atoms with Crippen LogP contribution in [0.2, 0.25) is 0 Å². The fourth-order valence-corrected chi connectivity index (χ4v) is 4.82. The summed E-state index contributed by atoms with van der Waals surface area (Å²) in [5.41, 5.74) is 0.240. The molecule has 2 fully saturated rings. The quantitative estimate of drug-likeness (QED) is 0.486. The molecule has 4 atom stereocenters. The van der Waals surface area contributed by atoms with E-state index in [1.54, 1.807) is 12.1 Å². The number of likely N-dealkylation sites (tertiary alicyclic amines) is 1. The Kier molecular flexibility index (Phi) is 4.30. The molecule has 1 aromatic carbocycles. The van der Waals surface area contributed by atoms with Gasteiger partial charge in [-0.2, -0.15) is 8.78 Å². The summed E-state index contributed by atoms with van der Waals surface area (Å²) in [6.45, 7) is -0.391. The van der Waals surface area contributed by atoms with Gasteiger partial charge in [-0.15, -0.1) is 0 Å². The molecule has 0 spiro atoms. The zero-order valence-electron chi connectivity index (χ0n) is 13.6. The van der Waals surface area contributed by atoms with Crippen molar-refractivity contribution in [2.45, 2.75) is 17.1 Å². The highest BCUT2D eigenvalue weighted by molar-refractivity contribution is 7.99. The number of fused-ring (bicyclic) bond motifs is 5. The molecule has 2 bridgehead atoms. The van der Waals surface area contributed by atoms with E-state index in [0.29, 0.717) is 11.8 Å². The van der Waals surface area contributed by atoms with Crippen LogP contribution in [0.25, 0.3) is 0 Å². The van der Waals surface area contributed by atoms with E-state index < -0.39 is 18.2 Å². The number of benzene rings is 1. The Morgan fingerprint density at radius 1 is 1.15 bits per heavy atom. The number of anilines is 1. The van der Waals surface area contributed by atoms with Gasteiger partial charge in [0.15, 0.2) is 0 Å². The molecule has 1 N–H and O–H groups in total. The van der Waals surface area contributed by atoms with E-state index >= 15 is 0 Å². The number of nitrogens with one attached hydrogen (secondary N) is 1. The predicted octanol–water partition coefficient (Wildman–Crippen LogP) is 2.75. The number of halogens is 2. The number of amides is 3. The van der Waals surface area contributed by atoms with E-state index in [1.807, 2.05) is 12.2 Å². The van der Waals surface area contributed by atoms with Crippen LogP contribution in [0.5, 0.6) is 0 Å². The highest BCUT2D eigenvalue weighted by Gasteiger charge is 2.59. The largest absolute Gasteiger partial charge is 0.324 e. The lowest BCUT2D eigenvalue weighted by Crippen LogP contribution is -2.39. The van der Waals surface area contributed by atoms with Gasteiger partial charge in [0.25, 0.3) is 5.76 Å². The number of para-hydroxylation sites is 1. The standard InChI is InChI=1S/C18H16F2N2O3S/c19-18(20)26-12-4-2-1-3-11(12)21-13(23)8-22-16(24)14-9-5-6-10(7-9)15(14)17(22)25/h1-6,9-10,14-15,18H,7-8H2,(H,21,23). The summed E-state index contributed by atoms with van der Waals surface area (Å²) >= 11 is 0.329. The van der Waals surface area contributed by atoms with Crippen molar-refractivity contribution in [3.05, 3.63) is 36.4 Å². The highest BCUT2D eigenvalue weighted by atomic mass is 32.2. The van der Waals surface area contributed by atoms with Crippen molar-refractivity contribution >= 4 is 35.2 Å². The third-order valence-electron chi connectivity index (χ3n) is 5.24. The number of allylic oxidation sites excluding steroid dienone is 2. The number of hydrogen-bond donors (Lipinski definition) is 1. The Hall–Kier alpha value is -2.22. The van der Waals surface area contributed by atoms with Crippen LogP contribution in [-0.2, 0) is 14.4 Å². The van der Waals surface area contributed by atoms with Crippen LogP contribution in [0.1, 0.15) is 6.42 Å². The summed E-state index contributed by atoms with van der Waals surface area (Å²) in [6, 6.07) is 6.20. The van der Waals surface area contributed by atoms with Crippen LogP contribution in [-0.4, -0.2) is 34.9 Å². The molecule has 1 saturated carbocycles. The lowest BCUT2D eigenvalue weighted by Gasteiger charge is -2.17. The van der Waals surface area contributed by atoms with Gasteiger partial charge in [0.1, 0.15) is 6.54 Å². The molecule has 3 aliphatic rings. The number of carbonyl (C=O) groups is 3. The molecule has 2 aliphatic carbocycles. The molecule has 1 aromatic rings. The average molecular weight is 378 g/mol. The minimum absolute atomic E-state index is 0.0812. The zero-order valence-corrected chi connectivity index (χ0v) is 14.4. The molecule has 4 rings (SSSR count). The summed E-state index contributed by atoms with van der Waals surface area (Å²) in [5, 5.41) is 2.53. The first-order valence-corrected chi connectivity index (χ1v) is 9.21.